The molecule has 0 aromatic heterocycles. The maximum atomic E-state index is 12.5. The molecule has 14 nitrogen and oxygen atoms in total. The smallest absolute Gasteiger partial charge is 0.309 e. The number of rotatable bonds is 10. The van der Waals surface area contributed by atoms with Crippen molar-refractivity contribution in [3.63, 3.8) is 0 Å². The van der Waals surface area contributed by atoms with Gasteiger partial charge in [-0.1, -0.05) is 27.7 Å². The molecular formula is C36H56O14. The van der Waals surface area contributed by atoms with Crippen molar-refractivity contribution < 1.29 is 67.1 Å². The molecule has 2 aliphatic carbocycles. The van der Waals surface area contributed by atoms with E-state index in [1.165, 1.54) is 13.8 Å². The average molecular weight is 713 g/mol. The summed E-state index contributed by atoms with van der Waals surface area (Å²) in [6, 6.07) is 0. The average Bonchev–Trinajstić information content (AvgIpc) is 3.47. The zero-order valence-corrected chi connectivity index (χ0v) is 30.8. The minimum absolute atomic E-state index is 0.0538. The van der Waals surface area contributed by atoms with Gasteiger partial charge in [-0.3, -0.25) is 19.2 Å². The quantitative estimate of drug-likeness (QED) is 0.127. The first kappa shape index (κ1) is 38.9. The Hall–Kier alpha value is -2.36. The van der Waals surface area contributed by atoms with Crippen LogP contribution in [0.3, 0.4) is 0 Å². The van der Waals surface area contributed by atoms with Gasteiger partial charge in [0.2, 0.25) is 23.1 Å². The third-order valence-corrected chi connectivity index (χ3v) is 11.8. The van der Waals surface area contributed by atoms with Crippen LogP contribution >= 0.6 is 0 Å². The zero-order chi connectivity index (χ0) is 36.5. The summed E-state index contributed by atoms with van der Waals surface area (Å²) < 4.78 is 32.7. The molecule has 284 valence electrons. The van der Waals surface area contributed by atoms with Crippen molar-refractivity contribution in [1.29, 1.82) is 0 Å². The fraction of sp³-hybridized carbons (Fsp3) is 0.889. The molecule has 2 spiro atoms. The Bertz CT molecular complexity index is 1170. The predicted octanol–water partition coefficient (Wildman–Crippen LogP) is 5.15. The SMILES string of the molecule is CC(=O)OCCOC(=O)[C@@H](C)[C@H]1CC[C@H](C)[C@H]2CC[C@@]3(C)OO[C@@]12O3.CC(=O)OCCOC(=O)[C@@H](C)[C@H]1CC[C@H](C)[C@H]2CC[C@@]3(C)OO[C@@]12O3. The zero-order valence-electron chi connectivity index (χ0n) is 30.8. The number of hydrogen-bond donors (Lipinski definition) is 0. The first-order chi connectivity index (χ1) is 23.5. The van der Waals surface area contributed by atoms with Crippen LogP contribution in [0.1, 0.15) is 107 Å². The molecule has 0 unspecified atom stereocenters. The van der Waals surface area contributed by atoms with Gasteiger partial charge < -0.3 is 28.4 Å². The van der Waals surface area contributed by atoms with Crippen molar-refractivity contribution in [2.45, 2.75) is 130 Å². The van der Waals surface area contributed by atoms with Gasteiger partial charge in [0.1, 0.15) is 26.4 Å². The van der Waals surface area contributed by atoms with Gasteiger partial charge in [-0.2, -0.15) is 19.6 Å². The molecule has 4 bridgehead atoms. The highest BCUT2D eigenvalue weighted by atomic mass is 17.3. The second-order valence-electron chi connectivity index (χ2n) is 15.5. The molecule has 6 aliphatic rings. The Morgan fingerprint density at radius 1 is 0.580 bits per heavy atom. The van der Waals surface area contributed by atoms with Crippen LogP contribution < -0.4 is 0 Å². The molecule has 6 rings (SSSR count). The maximum Gasteiger partial charge on any atom is 0.309 e. The number of carbonyl (C=O) groups is 4. The van der Waals surface area contributed by atoms with Crippen molar-refractivity contribution in [2.75, 3.05) is 26.4 Å². The minimum atomic E-state index is -0.876. The van der Waals surface area contributed by atoms with E-state index in [-0.39, 0.29) is 62.0 Å². The van der Waals surface area contributed by atoms with E-state index in [9.17, 15) is 19.2 Å². The molecule has 4 saturated heterocycles. The Morgan fingerprint density at radius 3 is 1.30 bits per heavy atom. The Labute approximate surface area is 294 Å². The second-order valence-corrected chi connectivity index (χ2v) is 15.5. The van der Waals surface area contributed by atoms with E-state index in [1.807, 2.05) is 27.7 Å². The molecular weight excluding hydrogens is 656 g/mol. The molecule has 12 atom stereocenters. The van der Waals surface area contributed by atoms with Crippen LogP contribution in [-0.2, 0) is 67.1 Å². The topological polar surface area (TPSA) is 161 Å². The molecule has 0 amide bonds. The van der Waals surface area contributed by atoms with Crippen molar-refractivity contribution in [1.82, 2.24) is 0 Å². The lowest BCUT2D eigenvalue weighted by Crippen LogP contribution is -2.58. The summed E-state index contributed by atoms with van der Waals surface area (Å²) in [5, 5.41) is 0. The summed E-state index contributed by atoms with van der Waals surface area (Å²) in [4.78, 5) is 69.1. The highest BCUT2D eigenvalue weighted by Crippen LogP contribution is 2.60. The summed E-state index contributed by atoms with van der Waals surface area (Å²) >= 11 is 0. The molecule has 0 N–H and O–H groups in total. The lowest BCUT2D eigenvalue weighted by molar-refractivity contribution is -0.371. The van der Waals surface area contributed by atoms with Gasteiger partial charge in [-0.05, 0) is 64.2 Å². The van der Waals surface area contributed by atoms with Crippen LogP contribution in [-0.4, -0.2) is 73.5 Å². The standard InChI is InChI=1S/2C18H28O7/c2*1-11-5-6-15(12(2)16(20)22-10-9-21-13(3)19)18-14(11)7-8-17(4,23-18)24-25-18/h2*11-12,14-15H,5-10H2,1-4H3/t2*11-,12-,14+,15+,17+,18+/m00/s1. The van der Waals surface area contributed by atoms with E-state index in [0.717, 1.165) is 51.4 Å². The lowest BCUT2D eigenvalue weighted by atomic mass is 9.63. The minimum Gasteiger partial charge on any atom is -0.462 e. The highest BCUT2D eigenvalue weighted by Gasteiger charge is 2.67. The molecule has 0 aromatic rings. The van der Waals surface area contributed by atoms with E-state index in [1.54, 1.807) is 0 Å². The van der Waals surface area contributed by atoms with E-state index >= 15 is 0 Å². The van der Waals surface area contributed by atoms with Crippen molar-refractivity contribution in [3.05, 3.63) is 0 Å². The van der Waals surface area contributed by atoms with Gasteiger partial charge in [0.05, 0.1) is 11.8 Å². The summed E-state index contributed by atoms with van der Waals surface area (Å²) in [6.07, 6.45) is 7.17. The van der Waals surface area contributed by atoms with Crippen LogP contribution in [0, 0.1) is 47.3 Å². The normalized spacial score (nSPS) is 40.9. The number of carbonyl (C=O) groups excluding carboxylic acids is 4. The van der Waals surface area contributed by atoms with E-state index in [4.69, 9.17) is 48.0 Å². The Balaban J connectivity index is 0.000000194. The molecule has 2 saturated carbocycles. The molecule has 4 heterocycles. The summed E-state index contributed by atoms with van der Waals surface area (Å²) in [5.41, 5.74) is 0. The Morgan fingerprint density at radius 2 is 0.940 bits per heavy atom. The van der Waals surface area contributed by atoms with Gasteiger partial charge in [-0.15, -0.1) is 0 Å². The van der Waals surface area contributed by atoms with Gasteiger partial charge >= 0.3 is 23.9 Å². The third-order valence-electron chi connectivity index (χ3n) is 11.8. The summed E-state index contributed by atoms with van der Waals surface area (Å²) in [5.74, 6) is -4.37. The van der Waals surface area contributed by atoms with Crippen LogP contribution in [0.25, 0.3) is 0 Å². The fourth-order valence-electron chi connectivity index (χ4n) is 9.07. The maximum absolute atomic E-state index is 12.5. The highest BCUT2D eigenvalue weighted by molar-refractivity contribution is 5.73. The van der Waals surface area contributed by atoms with Crippen molar-refractivity contribution in [2.24, 2.45) is 47.3 Å². The largest absolute Gasteiger partial charge is 0.462 e. The molecule has 0 aromatic carbocycles. The Kier molecular flexibility index (Phi) is 11.9. The first-order valence-corrected chi connectivity index (χ1v) is 18.3. The van der Waals surface area contributed by atoms with Gasteiger partial charge in [0.25, 0.3) is 0 Å². The number of esters is 4. The monoisotopic (exact) mass is 712 g/mol. The van der Waals surface area contributed by atoms with Crippen molar-refractivity contribution >= 4 is 23.9 Å². The van der Waals surface area contributed by atoms with E-state index in [2.05, 4.69) is 13.8 Å². The van der Waals surface area contributed by atoms with Crippen LogP contribution in [0.4, 0.5) is 0 Å². The second kappa shape index (κ2) is 15.3. The van der Waals surface area contributed by atoms with E-state index < -0.39 is 46.9 Å². The van der Waals surface area contributed by atoms with Crippen LogP contribution in [0.15, 0.2) is 0 Å². The van der Waals surface area contributed by atoms with Crippen LogP contribution in [0.5, 0.6) is 0 Å². The summed E-state index contributed by atoms with van der Waals surface area (Å²) in [7, 11) is 0. The van der Waals surface area contributed by atoms with Crippen LogP contribution in [0.2, 0.25) is 0 Å². The molecule has 4 aliphatic heterocycles. The lowest BCUT2D eigenvalue weighted by Gasteiger charge is -2.50. The number of hydrogen-bond acceptors (Lipinski definition) is 14. The van der Waals surface area contributed by atoms with Gasteiger partial charge in [0, 0.05) is 50.4 Å². The van der Waals surface area contributed by atoms with Gasteiger partial charge in [0.15, 0.2) is 0 Å². The summed E-state index contributed by atoms with van der Waals surface area (Å²) in [6.45, 7) is 14.8. The fourth-order valence-corrected chi connectivity index (χ4v) is 9.07. The van der Waals surface area contributed by atoms with Gasteiger partial charge in [-0.25, -0.2) is 0 Å². The molecule has 14 heteroatoms. The molecule has 6 fully saturated rings. The first-order valence-electron chi connectivity index (χ1n) is 18.3. The number of ether oxygens (including phenoxy) is 6. The van der Waals surface area contributed by atoms with E-state index in [0.29, 0.717) is 11.8 Å². The molecule has 50 heavy (non-hydrogen) atoms. The van der Waals surface area contributed by atoms with Crippen molar-refractivity contribution in [3.8, 4) is 0 Å². The third kappa shape index (κ3) is 7.85. The number of fused-ring (bicyclic) bond motifs is 2. The predicted molar refractivity (Wildman–Crippen MR) is 172 cm³/mol. The molecule has 0 radical (unpaired) electrons.